The molecular formula is C17H19Cl3N4O2. The number of benzene rings is 1. The molecule has 1 aromatic heterocycles. The summed E-state index contributed by atoms with van der Waals surface area (Å²) in [6, 6.07) is 6.61. The highest BCUT2D eigenvalue weighted by Gasteiger charge is 2.16. The van der Waals surface area contributed by atoms with Crippen molar-refractivity contribution < 1.29 is 9.53 Å². The number of amides is 1. The predicted octanol–water partition coefficient (Wildman–Crippen LogP) is 3.46. The Hall–Kier alpha value is -1.57. The third-order valence-corrected chi connectivity index (χ3v) is 4.46. The fraction of sp³-hybridized carbons (Fsp3) is 0.294. The summed E-state index contributed by atoms with van der Waals surface area (Å²) in [6.45, 7) is 1.83. The average molecular weight is 418 g/mol. The highest BCUT2D eigenvalue weighted by atomic mass is 35.5. The van der Waals surface area contributed by atoms with E-state index in [2.05, 4.69) is 15.6 Å². The van der Waals surface area contributed by atoms with Gasteiger partial charge in [-0.3, -0.25) is 4.79 Å². The SMILES string of the molecule is CNC(=O)c1ccc(-c2cc(Cl)cc(Cl)c2Cl)c(NCCOCCN)n1. The minimum Gasteiger partial charge on any atom is -0.378 e. The lowest BCUT2D eigenvalue weighted by Crippen LogP contribution is -2.20. The minimum atomic E-state index is -0.297. The lowest BCUT2D eigenvalue weighted by Gasteiger charge is -2.15. The van der Waals surface area contributed by atoms with Crippen molar-refractivity contribution in [1.29, 1.82) is 0 Å². The number of anilines is 1. The van der Waals surface area contributed by atoms with Gasteiger partial charge in [-0.05, 0) is 24.3 Å². The molecule has 0 aliphatic rings. The number of nitrogens with one attached hydrogen (secondary N) is 2. The molecule has 0 atom stereocenters. The predicted molar refractivity (Wildman–Crippen MR) is 106 cm³/mol. The molecule has 1 heterocycles. The van der Waals surface area contributed by atoms with E-state index in [-0.39, 0.29) is 11.6 Å². The Balaban J connectivity index is 2.39. The van der Waals surface area contributed by atoms with Crippen molar-refractivity contribution in [3.8, 4) is 11.1 Å². The summed E-state index contributed by atoms with van der Waals surface area (Å²) >= 11 is 18.6. The van der Waals surface area contributed by atoms with Crippen LogP contribution in [0.25, 0.3) is 11.1 Å². The number of halogens is 3. The van der Waals surface area contributed by atoms with Gasteiger partial charge in [0.1, 0.15) is 11.5 Å². The second-order valence-corrected chi connectivity index (χ2v) is 6.47. The van der Waals surface area contributed by atoms with Crippen LogP contribution < -0.4 is 16.4 Å². The number of nitrogens with zero attached hydrogens (tertiary/aromatic N) is 1. The molecule has 2 aromatic rings. The molecule has 9 heteroatoms. The van der Waals surface area contributed by atoms with Gasteiger partial charge >= 0.3 is 0 Å². The Labute approximate surface area is 167 Å². The molecule has 0 fully saturated rings. The van der Waals surface area contributed by atoms with Gasteiger partial charge in [0.05, 0.1) is 23.3 Å². The first-order valence-corrected chi connectivity index (χ1v) is 9.01. The maximum Gasteiger partial charge on any atom is 0.269 e. The van der Waals surface area contributed by atoms with E-state index < -0.39 is 0 Å². The third-order valence-electron chi connectivity index (χ3n) is 3.44. The molecular weight excluding hydrogens is 399 g/mol. The zero-order valence-corrected chi connectivity index (χ0v) is 16.4. The Morgan fingerprint density at radius 1 is 1.19 bits per heavy atom. The van der Waals surface area contributed by atoms with Crippen molar-refractivity contribution >= 4 is 46.5 Å². The highest BCUT2D eigenvalue weighted by Crippen LogP contribution is 2.39. The lowest BCUT2D eigenvalue weighted by molar-refractivity contribution is 0.0958. The molecule has 0 aliphatic carbocycles. The van der Waals surface area contributed by atoms with Gasteiger partial charge in [0, 0.05) is 36.3 Å². The summed E-state index contributed by atoms with van der Waals surface area (Å²) in [5, 5.41) is 6.84. The molecule has 0 bridgehead atoms. The van der Waals surface area contributed by atoms with Gasteiger partial charge < -0.3 is 21.1 Å². The number of nitrogens with two attached hydrogens (primary N) is 1. The fourth-order valence-electron chi connectivity index (χ4n) is 2.24. The van der Waals surface area contributed by atoms with Crippen LogP contribution in [0.4, 0.5) is 5.82 Å². The van der Waals surface area contributed by atoms with Crippen molar-refractivity contribution in [3.05, 3.63) is 45.0 Å². The molecule has 4 N–H and O–H groups in total. The van der Waals surface area contributed by atoms with Crippen molar-refractivity contribution in [1.82, 2.24) is 10.3 Å². The summed E-state index contributed by atoms with van der Waals surface area (Å²) in [6.07, 6.45) is 0. The fourth-order valence-corrected chi connectivity index (χ4v) is 2.95. The van der Waals surface area contributed by atoms with Crippen LogP contribution in [-0.4, -0.2) is 44.2 Å². The van der Waals surface area contributed by atoms with Gasteiger partial charge in [0.15, 0.2) is 0 Å². The van der Waals surface area contributed by atoms with Gasteiger partial charge in [-0.25, -0.2) is 4.98 Å². The normalized spacial score (nSPS) is 10.7. The number of hydrogen-bond donors (Lipinski definition) is 3. The van der Waals surface area contributed by atoms with Gasteiger partial charge in [-0.15, -0.1) is 0 Å². The molecule has 0 unspecified atom stereocenters. The van der Waals surface area contributed by atoms with Gasteiger partial charge in [-0.2, -0.15) is 0 Å². The maximum absolute atomic E-state index is 11.9. The highest BCUT2D eigenvalue weighted by molar-refractivity contribution is 6.45. The summed E-state index contributed by atoms with van der Waals surface area (Å²) in [4.78, 5) is 16.3. The average Bonchev–Trinajstić information content (AvgIpc) is 2.63. The third kappa shape index (κ3) is 5.22. The topological polar surface area (TPSA) is 89.3 Å². The molecule has 140 valence electrons. The summed E-state index contributed by atoms with van der Waals surface area (Å²) in [7, 11) is 1.54. The molecule has 0 radical (unpaired) electrons. The van der Waals surface area contributed by atoms with Gasteiger partial charge in [0.25, 0.3) is 5.91 Å². The van der Waals surface area contributed by atoms with Crippen LogP contribution in [0.2, 0.25) is 15.1 Å². The minimum absolute atomic E-state index is 0.269. The van der Waals surface area contributed by atoms with Crippen molar-refractivity contribution in [2.24, 2.45) is 5.73 Å². The Bertz CT molecular complexity index is 787. The van der Waals surface area contributed by atoms with Crippen LogP contribution in [0.1, 0.15) is 10.5 Å². The van der Waals surface area contributed by atoms with E-state index in [4.69, 9.17) is 45.3 Å². The summed E-state index contributed by atoms with van der Waals surface area (Å²) < 4.78 is 5.35. The van der Waals surface area contributed by atoms with Gasteiger partial charge in [-0.1, -0.05) is 34.8 Å². The van der Waals surface area contributed by atoms with Crippen LogP contribution in [0.5, 0.6) is 0 Å². The van der Waals surface area contributed by atoms with Gasteiger partial charge in [0.2, 0.25) is 0 Å². The molecule has 0 saturated carbocycles. The van der Waals surface area contributed by atoms with Crippen LogP contribution >= 0.6 is 34.8 Å². The second-order valence-electron chi connectivity index (χ2n) is 5.25. The number of carbonyl (C=O) groups excluding carboxylic acids is 1. The Morgan fingerprint density at radius 3 is 2.65 bits per heavy atom. The summed E-state index contributed by atoms with van der Waals surface area (Å²) in [5.41, 5.74) is 6.95. The molecule has 6 nitrogen and oxygen atoms in total. The molecule has 0 spiro atoms. The molecule has 0 aliphatic heterocycles. The van der Waals surface area contributed by atoms with Crippen LogP contribution in [0.15, 0.2) is 24.3 Å². The standard InChI is InChI=1S/C17H19Cl3N4O2/c1-22-17(25)14-3-2-11(12-8-10(18)9-13(19)15(12)20)16(24-14)23-5-7-26-6-4-21/h2-3,8-9H,4-7,21H2,1H3,(H,22,25)(H,23,24). The number of carbonyl (C=O) groups is 1. The first kappa shape index (κ1) is 20.7. The largest absolute Gasteiger partial charge is 0.378 e. The zero-order chi connectivity index (χ0) is 19.1. The van der Waals surface area contributed by atoms with E-state index in [1.54, 1.807) is 31.3 Å². The number of rotatable bonds is 8. The number of hydrogen-bond acceptors (Lipinski definition) is 5. The van der Waals surface area contributed by atoms with Crippen LogP contribution in [0.3, 0.4) is 0 Å². The first-order chi connectivity index (χ1) is 12.5. The lowest BCUT2D eigenvalue weighted by atomic mass is 10.1. The quantitative estimate of drug-likeness (QED) is 0.452. The Kier molecular flexibility index (Phi) is 7.93. The van der Waals surface area contributed by atoms with E-state index in [9.17, 15) is 4.79 Å². The second kappa shape index (κ2) is 9.94. The number of ether oxygens (including phenoxy) is 1. The smallest absolute Gasteiger partial charge is 0.269 e. The van der Waals surface area contributed by atoms with E-state index in [0.29, 0.717) is 58.3 Å². The van der Waals surface area contributed by atoms with E-state index in [1.165, 1.54) is 0 Å². The Morgan fingerprint density at radius 2 is 1.96 bits per heavy atom. The molecule has 0 saturated heterocycles. The molecule has 2 rings (SSSR count). The molecule has 26 heavy (non-hydrogen) atoms. The van der Waals surface area contributed by atoms with Crippen LogP contribution in [-0.2, 0) is 4.74 Å². The van der Waals surface area contributed by atoms with E-state index >= 15 is 0 Å². The molecule has 1 aromatic carbocycles. The van der Waals surface area contributed by atoms with Crippen molar-refractivity contribution in [2.75, 3.05) is 38.7 Å². The monoisotopic (exact) mass is 416 g/mol. The van der Waals surface area contributed by atoms with Crippen molar-refractivity contribution in [3.63, 3.8) is 0 Å². The first-order valence-electron chi connectivity index (χ1n) is 7.87. The zero-order valence-electron chi connectivity index (χ0n) is 14.1. The van der Waals surface area contributed by atoms with E-state index in [1.807, 2.05) is 0 Å². The summed E-state index contributed by atoms with van der Waals surface area (Å²) in [5.74, 6) is 0.178. The van der Waals surface area contributed by atoms with E-state index in [0.717, 1.165) is 0 Å². The van der Waals surface area contributed by atoms with Crippen molar-refractivity contribution in [2.45, 2.75) is 0 Å². The van der Waals surface area contributed by atoms with Crippen LogP contribution in [0, 0.1) is 0 Å². The maximum atomic E-state index is 11.9. The number of aromatic nitrogens is 1. The molecule has 1 amide bonds. The number of pyridine rings is 1.